The van der Waals surface area contributed by atoms with Crippen molar-refractivity contribution < 1.29 is 9.53 Å². The molecule has 23 heavy (non-hydrogen) atoms. The normalized spacial score (nSPS) is 10.3. The van der Waals surface area contributed by atoms with Crippen LogP contribution in [0.5, 0.6) is 5.75 Å². The van der Waals surface area contributed by atoms with Gasteiger partial charge in [0.15, 0.2) is 0 Å². The Labute approximate surface area is 142 Å². The third-order valence-corrected chi connectivity index (χ3v) is 4.01. The summed E-state index contributed by atoms with van der Waals surface area (Å²) in [5.74, 6) is 0.754. The Morgan fingerprint density at radius 2 is 1.91 bits per heavy atom. The molecule has 0 heterocycles. The lowest BCUT2D eigenvalue weighted by Gasteiger charge is -2.19. The molecule has 0 aromatic heterocycles. The zero-order chi connectivity index (χ0) is 17.0. The number of carbonyl (C=O) groups is 1. The maximum Gasteiger partial charge on any atom is 0.253 e. The van der Waals surface area contributed by atoms with Gasteiger partial charge < -0.3 is 15.0 Å². The second-order valence-electron chi connectivity index (χ2n) is 5.30. The Morgan fingerprint density at radius 1 is 1.26 bits per heavy atom. The number of nitrogens with zero attached hydrogens (tertiary/aromatic N) is 1. The first-order chi connectivity index (χ1) is 11.0. The maximum absolute atomic E-state index is 12.5. The van der Waals surface area contributed by atoms with E-state index < -0.39 is 0 Å². The van der Waals surface area contributed by atoms with E-state index in [2.05, 4.69) is 5.32 Å². The van der Waals surface area contributed by atoms with E-state index in [1.54, 1.807) is 25.1 Å². The second-order valence-corrected chi connectivity index (χ2v) is 5.74. The number of benzene rings is 2. The Bertz CT molecular complexity index is 699. The van der Waals surface area contributed by atoms with Gasteiger partial charge in [-0.2, -0.15) is 0 Å². The third-order valence-electron chi connectivity index (χ3n) is 3.79. The van der Waals surface area contributed by atoms with Crippen molar-refractivity contribution in [1.82, 2.24) is 4.90 Å². The van der Waals surface area contributed by atoms with Gasteiger partial charge in [0.25, 0.3) is 5.91 Å². The predicted octanol–water partition coefficient (Wildman–Crippen LogP) is 4.49. The fourth-order valence-electron chi connectivity index (χ4n) is 2.21. The molecule has 0 radical (unpaired) electrons. The molecule has 1 N–H and O–H groups in total. The monoisotopic (exact) mass is 332 g/mol. The molecule has 0 aliphatic rings. The lowest BCUT2D eigenvalue weighted by molar-refractivity contribution is 0.0802. The lowest BCUT2D eigenvalue weighted by atomic mass is 10.0. The highest BCUT2D eigenvalue weighted by atomic mass is 35.5. The fraction of sp³-hybridized carbons (Fsp3) is 0.278. The zero-order valence-corrected chi connectivity index (χ0v) is 14.6. The topological polar surface area (TPSA) is 41.6 Å². The molecule has 0 atom stereocenters. The molecule has 0 spiro atoms. The van der Waals surface area contributed by atoms with Gasteiger partial charge in [-0.05, 0) is 55.8 Å². The van der Waals surface area contributed by atoms with E-state index in [-0.39, 0.29) is 5.91 Å². The van der Waals surface area contributed by atoms with Gasteiger partial charge in [0.1, 0.15) is 5.75 Å². The van der Waals surface area contributed by atoms with Crippen molar-refractivity contribution in [3.8, 4) is 5.75 Å². The smallest absolute Gasteiger partial charge is 0.253 e. The predicted molar refractivity (Wildman–Crippen MR) is 95.1 cm³/mol. The molecule has 1 amide bonds. The number of nitrogens with one attached hydrogen (secondary N) is 1. The second kappa shape index (κ2) is 7.38. The fourth-order valence-corrected chi connectivity index (χ4v) is 2.43. The molecule has 0 aliphatic carbocycles. The van der Waals surface area contributed by atoms with Gasteiger partial charge in [0, 0.05) is 35.6 Å². The summed E-state index contributed by atoms with van der Waals surface area (Å²) in [7, 11) is 3.41. The average Bonchev–Trinajstić information content (AvgIpc) is 2.57. The van der Waals surface area contributed by atoms with Crippen molar-refractivity contribution in [3.05, 3.63) is 52.5 Å². The van der Waals surface area contributed by atoms with Crippen molar-refractivity contribution >= 4 is 28.9 Å². The molecule has 0 bridgehead atoms. The molecular weight excluding hydrogens is 312 g/mol. The Hall–Kier alpha value is -2.20. The van der Waals surface area contributed by atoms with Crippen LogP contribution >= 0.6 is 11.6 Å². The minimum absolute atomic E-state index is 0.0368. The van der Waals surface area contributed by atoms with Crippen LogP contribution in [0, 0.1) is 6.92 Å². The molecule has 122 valence electrons. The van der Waals surface area contributed by atoms with Crippen molar-refractivity contribution in [2.75, 3.05) is 26.0 Å². The van der Waals surface area contributed by atoms with Crippen LogP contribution in [-0.4, -0.2) is 31.5 Å². The Kier molecular flexibility index (Phi) is 5.50. The minimum Gasteiger partial charge on any atom is -0.497 e. The van der Waals surface area contributed by atoms with Crippen LogP contribution in [0.25, 0.3) is 0 Å². The molecule has 4 nitrogen and oxygen atoms in total. The van der Waals surface area contributed by atoms with Crippen LogP contribution in [0.2, 0.25) is 5.02 Å². The largest absolute Gasteiger partial charge is 0.497 e. The highest BCUT2D eigenvalue weighted by Gasteiger charge is 2.16. The summed E-state index contributed by atoms with van der Waals surface area (Å²) in [6.07, 6.45) is 0. The number of amides is 1. The van der Waals surface area contributed by atoms with E-state index in [0.717, 1.165) is 22.7 Å². The highest BCUT2D eigenvalue weighted by molar-refractivity contribution is 6.31. The summed E-state index contributed by atoms with van der Waals surface area (Å²) in [4.78, 5) is 14.1. The number of hydrogen-bond acceptors (Lipinski definition) is 3. The molecule has 0 fully saturated rings. The first-order valence-electron chi connectivity index (χ1n) is 7.43. The third kappa shape index (κ3) is 3.96. The number of methoxy groups -OCH3 is 1. The summed E-state index contributed by atoms with van der Waals surface area (Å²) < 4.78 is 5.15. The summed E-state index contributed by atoms with van der Waals surface area (Å²) in [6, 6.07) is 11.1. The van der Waals surface area contributed by atoms with Crippen LogP contribution in [0.3, 0.4) is 0 Å². The average molecular weight is 333 g/mol. The molecule has 2 rings (SSSR count). The number of ether oxygens (including phenoxy) is 1. The summed E-state index contributed by atoms with van der Waals surface area (Å²) >= 11 is 6.20. The van der Waals surface area contributed by atoms with E-state index in [1.165, 1.54) is 0 Å². The molecule has 0 unspecified atom stereocenters. The van der Waals surface area contributed by atoms with Gasteiger partial charge in [0.05, 0.1) is 7.11 Å². The van der Waals surface area contributed by atoms with Gasteiger partial charge in [-0.25, -0.2) is 0 Å². The first kappa shape index (κ1) is 17.2. The SMILES string of the molecule is CCN(C)C(=O)c1cc(Cl)cc(Nc2ccc(OC)cc2)c1C. The van der Waals surface area contributed by atoms with Crippen molar-refractivity contribution in [2.45, 2.75) is 13.8 Å². The van der Waals surface area contributed by atoms with Crippen LogP contribution in [0.15, 0.2) is 36.4 Å². The van der Waals surface area contributed by atoms with Crippen molar-refractivity contribution in [2.24, 2.45) is 0 Å². The van der Waals surface area contributed by atoms with Gasteiger partial charge in [-0.1, -0.05) is 11.6 Å². The van der Waals surface area contributed by atoms with E-state index in [0.29, 0.717) is 17.1 Å². The first-order valence-corrected chi connectivity index (χ1v) is 7.80. The van der Waals surface area contributed by atoms with Gasteiger partial charge in [0.2, 0.25) is 0 Å². The standard InChI is InChI=1S/C18H21ClN2O2/c1-5-21(3)18(22)16-10-13(19)11-17(12(16)2)20-14-6-8-15(23-4)9-7-14/h6-11,20H,5H2,1-4H3. The van der Waals surface area contributed by atoms with Crippen LogP contribution < -0.4 is 10.1 Å². The molecule has 0 saturated heterocycles. The number of hydrogen-bond donors (Lipinski definition) is 1. The van der Waals surface area contributed by atoms with Gasteiger partial charge in [-0.15, -0.1) is 0 Å². The van der Waals surface area contributed by atoms with Gasteiger partial charge in [-0.3, -0.25) is 4.79 Å². The Morgan fingerprint density at radius 3 is 2.48 bits per heavy atom. The van der Waals surface area contributed by atoms with E-state index in [9.17, 15) is 4.79 Å². The molecule has 0 saturated carbocycles. The van der Waals surface area contributed by atoms with E-state index in [1.807, 2.05) is 44.2 Å². The minimum atomic E-state index is -0.0368. The number of rotatable bonds is 5. The molecule has 2 aromatic carbocycles. The Balaban J connectivity index is 2.35. The van der Waals surface area contributed by atoms with Crippen molar-refractivity contribution in [1.29, 1.82) is 0 Å². The van der Waals surface area contributed by atoms with Crippen LogP contribution in [0.4, 0.5) is 11.4 Å². The van der Waals surface area contributed by atoms with E-state index in [4.69, 9.17) is 16.3 Å². The number of carbonyl (C=O) groups excluding carboxylic acids is 1. The molecular formula is C18H21ClN2O2. The zero-order valence-electron chi connectivity index (χ0n) is 13.8. The number of anilines is 2. The van der Waals surface area contributed by atoms with Gasteiger partial charge >= 0.3 is 0 Å². The van der Waals surface area contributed by atoms with Crippen LogP contribution in [0.1, 0.15) is 22.8 Å². The van der Waals surface area contributed by atoms with Crippen LogP contribution in [-0.2, 0) is 0 Å². The quantitative estimate of drug-likeness (QED) is 0.877. The molecule has 2 aromatic rings. The lowest BCUT2D eigenvalue weighted by Crippen LogP contribution is -2.27. The number of halogens is 1. The van der Waals surface area contributed by atoms with E-state index >= 15 is 0 Å². The maximum atomic E-state index is 12.5. The highest BCUT2D eigenvalue weighted by Crippen LogP contribution is 2.29. The van der Waals surface area contributed by atoms with Crippen molar-refractivity contribution in [3.63, 3.8) is 0 Å². The summed E-state index contributed by atoms with van der Waals surface area (Å²) in [5.41, 5.74) is 3.20. The molecule has 5 heteroatoms. The summed E-state index contributed by atoms with van der Waals surface area (Å²) in [6.45, 7) is 4.50. The molecule has 0 aliphatic heterocycles. The summed E-state index contributed by atoms with van der Waals surface area (Å²) in [5, 5.41) is 3.83.